The molecule has 25 heavy (non-hydrogen) atoms. The number of hydrogen-bond donors (Lipinski definition) is 1. The quantitative estimate of drug-likeness (QED) is 0.726. The highest BCUT2D eigenvalue weighted by Gasteiger charge is 2.17. The standard InChI is InChI=1S/C17H16N4O3S/c1-10-4-6-12(7-5-10)13-8-15(18-11(2)22)21(20-13)17-19-14(9-25-17)16(23)24-3/h4-9H,1-3H3,(H,18,22). The summed E-state index contributed by atoms with van der Waals surface area (Å²) in [7, 11) is 1.30. The average Bonchev–Trinajstić information content (AvgIpc) is 3.21. The number of hydrogen-bond acceptors (Lipinski definition) is 6. The van der Waals surface area contributed by atoms with Gasteiger partial charge in [-0.05, 0) is 6.92 Å². The number of aryl methyl sites for hydroxylation is 1. The van der Waals surface area contributed by atoms with E-state index in [0.717, 1.165) is 11.1 Å². The van der Waals surface area contributed by atoms with Crippen LogP contribution in [0, 0.1) is 6.92 Å². The van der Waals surface area contributed by atoms with Gasteiger partial charge >= 0.3 is 5.97 Å². The lowest BCUT2D eigenvalue weighted by Crippen LogP contribution is -2.11. The van der Waals surface area contributed by atoms with Gasteiger partial charge in [-0.25, -0.2) is 9.78 Å². The molecule has 0 bridgehead atoms. The van der Waals surface area contributed by atoms with Gasteiger partial charge in [0.2, 0.25) is 11.0 Å². The van der Waals surface area contributed by atoms with Crippen LogP contribution in [0.2, 0.25) is 0 Å². The van der Waals surface area contributed by atoms with E-state index in [0.29, 0.717) is 16.6 Å². The Hall–Kier alpha value is -3.00. The first kappa shape index (κ1) is 16.8. The highest BCUT2D eigenvalue weighted by Crippen LogP contribution is 2.26. The van der Waals surface area contributed by atoms with Crippen molar-refractivity contribution in [3.8, 4) is 16.4 Å². The van der Waals surface area contributed by atoms with E-state index in [2.05, 4.69) is 20.1 Å². The number of ether oxygens (including phenoxy) is 1. The fraction of sp³-hybridized carbons (Fsp3) is 0.176. The van der Waals surface area contributed by atoms with Crippen LogP contribution in [-0.2, 0) is 9.53 Å². The molecule has 2 heterocycles. The van der Waals surface area contributed by atoms with E-state index in [9.17, 15) is 9.59 Å². The summed E-state index contributed by atoms with van der Waals surface area (Å²) in [5.41, 5.74) is 2.95. The number of carbonyl (C=O) groups excluding carboxylic acids is 2. The molecule has 1 N–H and O–H groups in total. The third kappa shape index (κ3) is 3.58. The average molecular weight is 356 g/mol. The Labute approximate surface area is 148 Å². The first-order chi connectivity index (χ1) is 12.0. The number of benzene rings is 1. The monoisotopic (exact) mass is 356 g/mol. The molecule has 0 unspecified atom stereocenters. The molecule has 2 aromatic heterocycles. The summed E-state index contributed by atoms with van der Waals surface area (Å²) in [5, 5.41) is 9.32. The number of nitrogens with zero attached hydrogens (tertiary/aromatic N) is 3. The fourth-order valence-electron chi connectivity index (χ4n) is 2.22. The molecule has 8 heteroatoms. The van der Waals surface area contributed by atoms with E-state index in [1.165, 1.54) is 30.1 Å². The number of amides is 1. The van der Waals surface area contributed by atoms with Crippen LogP contribution in [0.1, 0.15) is 23.0 Å². The summed E-state index contributed by atoms with van der Waals surface area (Å²) in [4.78, 5) is 27.3. The number of thiazole rings is 1. The van der Waals surface area contributed by atoms with Gasteiger partial charge in [-0.15, -0.1) is 11.3 Å². The third-order valence-corrected chi connectivity index (χ3v) is 4.24. The van der Waals surface area contributed by atoms with Crippen LogP contribution in [-0.4, -0.2) is 33.8 Å². The Morgan fingerprint density at radius 1 is 1.24 bits per heavy atom. The molecule has 0 fully saturated rings. The Morgan fingerprint density at radius 3 is 2.60 bits per heavy atom. The zero-order valence-electron chi connectivity index (χ0n) is 13.9. The summed E-state index contributed by atoms with van der Waals surface area (Å²) in [5.74, 6) is -0.260. The van der Waals surface area contributed by atoms with Gasteiger partial charge < -0.3 is 10.1 Å². The van der Waals surface area contributed by atoms with Crippen molar-refractivity contribution in [3.05, 3.63) is 47.0 Å². The van der Waals surface area contributed by atoms with E-state index in [1.807, 2.05) is 31.2 Å². The molecular formula is C17H16N4O3S. The van der Waals surface area contributed by atoms with Gasteiger partial charge in [0.05, 0.1) is 12.8 Å². The van der Waals surface area contributed by atoms with Gasteiger partial charge in [0.25, 0.3) is 0 Å². The number of carbonyl (C=O) groups is 2. The number of rotatable bonds is 4. The van der Waals surface area contributed by atoms with Gasteiger partial charge in [-0.1, -0.05) is 29.8 Å². The lowest BCUT2D eigenvalue weighted by molar-refractivity contribution is -0.114. The summed E-state index contributed by atoms with van der Waals surface area (Å²) in [6.45, 7) is 3.43. The van der Waals surface area contributed by atoms with Crippen molar-refractivity contribution >= 4 is 29.0 Å². The minimum absolute atomic E-state index is 0.198. The van der Waals surface area contributed by atoms with Crippen molar-refractivity contribution in [2.75, 3.05) is 12.4 Å². The first-order valence-corrected chi connectivity index (χ1v) is 8.35. The van der Waals surface area contributed by atoms with Crippen LogP contribution in [0.15, 0.2) is 35.7 Å². The number of esters is 1. The molecule has 0 radical (unpaired) electrons. The largest absolute Gasteiger partial charge is 0.464 e. The predicted molar refractivity (Wildman–Crippen MR) is 95.1 cm³/mol. The summed E-state index contributed by atoms with van der Waals surface area (Å²) < 4.78 is 6.18. The van der Waals surface area contributed by atoms with Crippen LogP contribution < -0.4 is 5.32 Å². The molecule has 0 aliphatic rings. The molecule has 1 amide bonds. The zero-order chi connectivity index (χ0) is 18.0. The lowest BCUT2D eigenvalue weighted by Gasteiger charge is -2.03. The number of methoxy groups -OCH3 is 1. The van der Waals surface area contributed by atoms with Gasteiger partial charge in [-0.2, -0.15) is 9.78 Å². The molecule has 7 nitrogen and oxygen atoms in total. The van der Waals surface area contributed by atoms with Crippen LogP contribution in [0.25, 0.3) is 16.4 Å². The molecule has 3 aromatic rings. The summed E-state index contributed by atoms with van der Waals surface area (Å²) in [6, 6.07) is 9.67. The predicted octanol–water partition coefficient (Wildman–Crippen LogP) is 3.05. The minimum Gasteiger partial charge on any atom is -0.464 e. The number of anilines is 1. The van der Waals surface area contributed by atoms with Crippen LogP contribution in [0.3, 0.4) is 0 Å². The topological polar surface area (TPSA) is 86.1 Å². The molecular weight excluding hydrogens is 340 g/mol. The maximum absolute atomic E-state index is 11.6. The maximum atomic E-state index is 11.6. The Kier molecular flexibility index (Phi) is 4.62. The van der Waals surface area contributed by atoms with Gasteiger partial charge in [0.1, 0.15) is 5.82 Å². The van der Waals surface area contributed by atoms with Crippen molar-refractivity contribution in [2.45, 2.75) is 13.8 Å². The number of nitrogens with one attached hydrogen (secondary N) is 1. The Balaban J connectivity index is 2.04. The highest BCUT2D eigenvalue weighted by atomic mass is 32.1. The zero-order valence-corrected chi connectivity index (χ0v) is 14.8. The van der Waals surface area contributed by atoms with Crippen molar-refractivity contribution in [2.24, 2.45) is 0 Å². The van der Waals surface area contributed by atoms with Crippen LogP contribution in [0.4, 0.5) is 5.82 Å². The van der Waals surface area contributed by atoms with Crippen LogP contribution in [0.5, 0.6) is 0 Å². The second-order valence-electron chi connectivity index (χ2n) is 5.38. The second-order valence-corrected chi connectivity index (χ2v) is 6.22. The van der Waals surface area contributed by atoms with Gasteiger partial charge in [-0.3, -0.25) is 4.79 Å². The number of aromatic nitrogens is 3. The summed E-state index contributed by atoms with van der Waals surface area (Å²) >= 11 is 1.24. The fourth-order valence-corrected chi connectivity index (χ4v) is 2.98. The van der Waals surface area contributed by atoms with Gasteiger partial charge in [0.15, 0.2) is 5.69 Å². The lowest BCUT2D eigenvalue weighted by atomic mass is 10.1. The van der Waals surface area contributed by atoms with Crippen molar-refractivity contribution in [3.63, 3.8) is 0 Å². The molecule has 3 rings (SSSR count). The van der Waals surface area contributed by atoms with E-state index in [-0.39, 0.29) is 11.6 Å². The maximum Gasteiger partial charge on any atom is 0.357 e. The molecule has 0 atom stereocenters. The van der Waals surface area contributed by atoms with Crippen LogP contribution >= 0.6 is 11.3 Å². The molecule has 0 saturated carbocycles. The van der Waals surface area contributed by atoms with Gasteiger partial charge in [0, 0.05) is 23.9 Å². The van der Waals surface area contributed by atoms with Crippen molar-refractivity contribution < 1.29 is 14.3 Å². The van der Waals surface area contributed by atoms with E-state index in [4.69, 9.17) is 0 Å². The third-order valence-electron chi connectivity index (χ3n) is 3.43. The highest BCUT2D eigenvalue weighted by molar-refractivity contribution is 7.12. The summed E-state index contributed by atoms with van der Waals surface area (Å²) in [6.07, 6.45) is 0. The second kappa shape index (κ2) is 6.86. The molecule has 0 aliphatic heterocycles. The normalized spacial score (nSPS) is 10.5. The molecule has 0 spiro atoms. The Bertz CT molecular complexity index is 928. The molecule has 1 aromatic carbocycles. The molecule has 0 saturated heterocycles. The smallest absolute Gasteiger partial charge is 0.357 e. The first-order valence-electron chi connectivity index (χ1n) is 7.47. The van der Waals surface area contributed by atoms with E-state index < -0.39 is 5.97 Å². The minimum atomic E-state index is -0.519. The van der Waals surface area contributed by atoms with Crippen molar-refractivity contribution in [1.82, 2.24) is 14.8 Å². The van der Waals surface area contributed by atoms with Crippen molar-refractivity contribution in [1.29, 1.82) is 0 Å². The molecule has 128 valence electrons. The van der Waals surface area contributed by atoms with E-state index in [1.54, 1.807) is 11.4 Å². The van der Waals surface area contributed by atoms with E-state index >= 15 is 0 Å². The molecule has 0 aliphatic carbocycles. The Morgan fingerprint density at radius 2 is 1.96 bits per heavy atom. The SMILES string of the molecule is COC(=O)c1csc(-n2nc(-c3ccc(C)cc3)cc2NC(C)=O)n1.